The average molecular weight is 247 g/mol. The van der Waals surface area contributed by atoms with Gasteiger partial charge in [-0.2, -0.15) is 0 Å². The lowest BCUT2D eigenvalue weighted by Gasteiger charge is -2.32. The number of nitrogens with two attached hydrogens (primary N) is 1. The molecule has 1 aliphatic heterocycles. The standard InChI is InChI=1S/C15H21NO2/c1-10-9-12-14(18-8-7-17-12)13(11(10)2)15(16)5-3-4-6-15/h9H,3-8,16H2,1-2H3. The van der Waals surface area contributed by atoms with Gasteiger partial charge in [-0.3, -0.25) is 0 Å². The highest BCUT2D eigenvalue weighted by molar-refractivity contribution is 5.57. The zero-order valence-corrected chi connectivity index (χ0v) is 11.2. The van der Waals surface area contributed by atoms with Gasteiger partial charge in [-0.15, -0.1) is 0 Å². The second-order valence-corrected chi connectivity index (χ2v) is 5.58. The minimum Gasteiger partial charge on any atom is -0.486 e. The summed E-state index contributed by atoms with van der Waals surface area (Å²) in [6.07, 6.45) is 4.51. The maximum Gasteiger partial charge on any atom is 0.166 e. The molecule has 1 aliphatic carbocycles. The smallest absolute Gasteiger partial charge is 0.166 e. The third kappa shape index (κ3) is 1.69. The van der Waals surface area contributed by atoms with Crippen LogP contribution in [0.5, 0.6) is 11.5 Å². The molecule has 3 nitrogen and oxygen atoms in total. The van der Waals surface area contributed by atoms with Crippen molar-refractivity contribution in [3.8, 4) is 11.5 Å². The summed E-state index contributed by atoms with van der Waals surface area (Å²) in [6.45, 7) is 5.52. The largest absolute Gasteiger partial charge is 0.486 e. The number of aryl methyl sites for hydroxylation is 1. The molecule has 98 valence electrons. The van der Waals surface area contributed by atoms with Crippen LogP contribution < -0.4 is 15.2 Å². The Morgan fingerprint density at radius 3 is 2.50 bits per heavy atom. The van der Waals surface area contributed by atoms with E-state index in [2.05, 4.69) is 19.9 Å². The summed E-state index contributed by atoms with van der Waals surface area (Å²) in [7, 11) is 0. The third-order valence-corrected chi connectivity index (χ3v) is 4.35. The first-order valence-electron chi connectivity index (χ1n) is 6.81. The Labute approximate surface area is 108 Å². The molecular weight excluding hydrogens is 226 g/mol. The molecule has 0 radical (unpaired) electrons. The monoisotopic (exact) mass is 247 g/mol. The summed E-state index contributed by atoms with van der Waals surface area (Å²) in [4.78, 5) is 0. The third-order valence-electron chi connectivity index (χ3n) is 4.35. The normalized spacial score (nSPS) is 21.1. The van der Waals surface area contributed by atoms with Crippen LogP contribution in [0.4, 0.5) is 0 Å². The number of hydrogen-bond acceptors (Lipinski definition) is 3. The fourth-order valence-corrected chi connectivity index (χ4v) is 3.26. The molecule has 1 heterocycles. The minimum atomic E-state index is -0.221. The van der Waals surface area contributed by atoms with E-state index in [1.807, 2.05) is 0 Å². The summed E-state index contributed by atoms with van der Waals surface area (Å²) in [5.41, 5.74) is 10.1. The Morgan fingerprint density at radius 1 is 1.11 bits per heavy atom. The Bertz CT molecular complexity index is 476. The summed E-state index contributed by atoms with van der Waals surface area (Å²) in [5.74, 6) is 1.77. The molecule has 0 aromatic heterocycles. The van der Waals surface area contributed by atoms with Crippen LogP contribution in [-0.2, 0) is 5.54 Å². The maximum atomic E-state index is 6.64. The average Bonchev–Trinajstić information content (AvgIpc) is 2.78. The fourth-order valence-electron chi connectivity index (χ4n) is 3.26. The van der Waals surface area contributed by atoms with Crippen molar-refractivity contribution in [3.63, 3.8) is 0 Å². The van der Waals surface area contributed by atoms with E-state index in [-0.39, 0.29) is 5.54 Å². The molecule has 0 atom stereocenters. The van der Waals surface area contributed by atoms with E-state index in [0.29, 0.717) is 13.2 Å². The molecule has 0 amide bonds. The van der Waals surface area contributed by atoms with Crippen molar-refractivity contribution < 1.29 is 9.47 Å². The van der Waals surface area contributed by atoms with E-state index < -0.39 is 0 Å². The quantitative estimate of drug-likeness (QED) is 0.830. The summed E-state index contributed by atoms with van der Waals surface area (Å²) >= 11 is 0. The van der Waals surface area contributed by atoms with E-state index in [1.54, 1.807) is 0 Å². The molecule has 1 aromatic carbocycles. The molecule has 18 heavy (non-hydrogen) atoms. The highest BCUT2D eigenvalue weighted by Gasteiger charge is 2.37. The van der Waals surface area contributed by atoms with E-state index in [1.165, 1.54) is 29.5 Å². The zero-order valence-electron chi connectivity index (χ0n) is 11.2. The van der Waals surface area contributed by atoms with Crippen molar-refractivity contribution in [2.75, 3.05) is 13.2 Å². The van der Waals surface area contributed by atoms with E-state index in [9.17, 15) is 0 Å². The van der Waals surface area contributed by atoms with Gasteiger partial charge in [-0.1, -0.05) is 12.8 Å². The molecule has 0 spiro atoms. The zero-order chi connectivity index (χ0) is 12.8. The van der Waals surface area contributed by atoms with Gasteiger partial charge in [0.2, 0.25) is 0 Å². The first-order chi connectivity index (χ1) is 8.62. The molecule has 1 saturated carbocycles. The SMILES string of the molecule is Cc1cc2c(c(C3(N)CCCC3)c1C)OCCO2. The summed E-state index contributed by atoms with van der Waals surface area (Å²) < 4.78 is 11.6. The molecule has 1 aromatic rings. The van der Waals surface area contributed by atoms with Gasteiger partial charge in [-0.05, 0) is 43.9 Å². The maximum absolute atomic E-state index is 6.64. The van der Waals surface area contributed by atoms with Crippen LogP contribution in [0.25, 0.3) is 0 Å². The lowest BCUT2D eigenvalue weighted by atomic mass is 9.83. The molecule has 3 heteroatoms. The van der Waals surface area contributed by atoms with Crippen LogP contribution in [0.1, 0.15) is 42.4 Å². The Morgan fingerprint density at radius 2 is 1.78 bits per heavy atom. The fraction of sp³-hybridized carbons (Fsp3) is 0.600. The molecule has 2 aliphatic rings. The summed E-state index contributed by atoms with van der Waals surface area (Å²) in [6, 6.07) is 2.08. The lowest BCUT2D eigenvalue weighted by Crippen LogP contribution is -2.35. The van der Waals surface area contributed by atoms with Crippen LogP contribution >= 0.6 is 0 Å². The van der Waals surface area contributed by atoms with Crippen LogP contribution in [0.3, 0.4) is 0 Å². The first kappa shape index (κ1) is 11.8. The first-order valence-corrected chi connectivity index (χ1v) is 6.81. The van der Waals surface area contributed by atoms with Crippen molar-refractivity contribution in [2.24, 2.45) is 5.73 Å². The second-order valence-electron chi connectivity index (χ2n) is 5.58. The van der Waals surface area contributed by atoms with Gasteiger partial charge >= 0.3 is 0 Å². The molecule has 3 rings (SSSR count). The minimum absolute atomic E-state index is 0.221. The highest BCUT2D eigenvalue weighted by Crippen LogP contribution is 2.47. The van der Waals surface area contributed by atoms with Crippen molar-refractivity contribution in [1.82, 2.24) is 0 Å². The van der Waals surface area contributed by atoms with Gasteiger partial charge in [0.25, 0.3) is 0 Å². The van der Waals surface area contributed by atoms with Crippen molar-refractivity contribution in [1.29, 1.82) is 0 Å². The topological polar surface area (TPSA) is 44.5 Å². The molecule has 0 saturated heterocycles. The number of benzene rings is 1. The van der Waals surface area contributed by atoms with Crippen molar-refractivity contribution >= 4 is 0 Å². The molecular formula is C15H21NO2. The van der Waals surface area contributed by atoms with Gasteiger partial charge in [0.1, 0.15) is 13.2 Å². The number of fused-ring (bicyclic) bond motifs is 1. The highest BCUT2D eigenvalue weighted by atomic mass is 16.6. The van der Waals surface area contributed by atoms with Gasteiger partial charge in [0.15, 0.2) is 11.5 Å². The van der Waals surface area contributed by atoms with Crippen LogP contribution in [0.2, 0.25) is 0 Å². The summed E-state index contributed by atoms with van der Waals surface area (Å²) in [5, 5.41) is 0. The van der Waals surface area contributed by atoms with Gasteiger partial charge < -0.3 is 15.2 Å². The Hall–Kier alpha value is -1.22. The van der Waals surface area contributed by atoms with E-state index in [0.717, 1.165) is 24.3 Å². The van der Waals surface area contributed by atoms with E-state index in [4.69, 9.17) is 15.2 Å². The number of ether oxygens (including phenoxy) is 2. The van der Waals surface area contributed by atoms with Gasteiger partial charge in [0, 0.05) is 11.1 Å². The molecule has 2 N–H and O–H groups in total. The number of rotatable bonds is 1. The molecule has 0 unspecified atom stereocenters. The predicted octanol–water partition coefficient (Wildman–Crippen LogP) is 2.80. The van der Waals surface area contributed by atoms with E-state index >= 15 is 0 Å². The van der Waals surface area contributed by atoms with Crippen LogP contribution in [-0.4, -0.2) is 13.2 Å². The molecule has 0 bridgehead atoms. The second kappa shape index (κ2) is 4.16. The van der Waals surface area contributed by atoms with Gasteiger partial charge in [-0.25, -0.2) is 0 Å². The number of hydrogen-bond donors (Lipinski definition) is 1. The van der Waals surface area contributed by atoms with Crippen molar-refractivity contribution in [3.05, 3.63) is 22.8 Å². The predicted molar refractivity (Wildman–Crippen MR) is 71.2 cm³/mol. The Balaban J connectivity index is 2.20. The van der Waals surface area contributed by atoms with Crippen LogP contribution in [0, 0.1) is 13.8 Å². The lowest BCUT2D eigenvalue weighted by molar-refractivity contribution is 0.166. The van der Waals surface area contributed by atoms with Gasteiger partial charge in [0.05, 0.1) is 0 Å². The van der Waals surface area contributed by atoms with Crippen molar-refractivity contribution in [2.45, 2.75) is 45.1 Å². The molecule has 1 fully saturated rings. The Kier molecular flexibility index (Phi) is 2.74. The van der Waals surface area contributed by atoms with Crippen LogP contribution in [0.15, 0.2) is 6.07 Å².